The monoisotopic (exact) mass is 468 g/mol. The van der Waals surface area contributed by atoms with E-state index in [1.165, 1.54) is 28.4 Å². The quantitative estimate of drug-likeness (QED) is 0.356. The van der Waals surface area contributed by atoms with Gasteiger partial charge in [0.05, 0.1) is 21.7 Å². The van der Waals surface area contributed by atoms with Crippen molar-refractivity contribution in [3.8, 4) is 0 Å². The number of aromatic nitrogens is 1. The summed E-state index contributed by atoms with van der Waals surface area (Å²) in [6.07, 6.45) is 1.98. The maximum Gasteiger partial charge on any atom is 0.244 e. The fourth-order valence-corrected chi connectivity index (χ4v) is 6.03. The molecule has 5 nitrogen and oxygen atoms in total. The van der Waals surface area contributed by atoms with Crippen molar-refractivity contribution in [2.75, 3.05) is 16.9 Å². The van der Waals surface area contributed by atoms with Crippen molar-refractivity contribution in [1.82, 2.24) is 4.98 Å². The zero-order valence-corrected chi connectivity index (χ0v) is 19.2. The van der Waals surface area contributed by atoms with Crippen LogP contribution in [0.1, 0.15) is 5.56 Å². The first kappa shape index (κ1) is 21.5. The number of thioether (sulfide) groups is 1. The minimum atomic E-state index is -3.77. The maximum atomic E-state index is 13.3. The predicted molar refractivity (Wildman–Crippen MR) is 128 cm³/mol. The molecule has 0 radical (unpaired) electrons. The number of carbonyl (C=O) groups is 1. The first-order valence-corrected chi connectivity index (χ1v) is 13.2. The van der Waals surface area contributed by atoms with Crippen LogP contribution in [-0.4, -0.2) is 31.3 Å². The van der Waals surface area contributed by atoms with E-state index in [2.05, 4.69) is 0 Å². The predicted octanol–water partition coefficient (Wildman–Crippen LogP) is 5.03. The lowest BCUT2D eigenvalue weighted by Crippen LogP contribution is -2.35. The molecule has 0 aliphatic heterocycles. The molecule has 31 heavy (non-hydrogen) atoms. The second kappa shape index (κ2) is 9.21. The molecule has 0 N–H and O–H groups in total. The van der Waals surface area contributed by atoms with Gasteiger partial charge in [-0.1, -0.05) is 65.9 Å². The van der Waals surface area contributed by atoms with Gasteiger partial charge in [0.25, 0.3) is 0 Å². The number of carbonyl (C=O) groups excluding carboxylic acids is 1. The summed E-state index contributed by atoms with van der Waals surface area (Å²) in [4.78, 5) is 20.6. The molecule has 0 saturated carbocycles. The molecule has 8 heteroatoms. The van der Waals surface area contributed by atoms with E-state index in [9.17, 15) is 13.2 Å². The van der Waals surface area contributed by atoms with Crippen LogP contribution in [0.5, 0.6) is 0 Å². The highest BCUT2D eigenvalue weighted by Gasteiger charge is 2.27. The molecular weight excluding hydrogens is 448 g/mol. The van der Waals surface area contributed by atoms with Gasteiger partial charge in [-0.15, -0.1) is 11.8 Å². The number of sulfone groups is 1. The number of thiazole rings is 1. The average Bonchev–Trinajstić information content (AvgIpc) is 3.22. The highest BCUT2D eigenvalue weighted by Crippen LogP contribution is 2.35. The Morgan fingerprint density at radius 3 is 2.32 bits per heavy atom. The third kappa shape index (κ3) is 4.81. The summed E-state index contributed by atoms with van der Waals surface area (Å²) in [7, 11) is -3.77. The van der Waals surface area contributed by atoms with E-state index in [0.717, 1.165) is 20.7 Å². The van der Waals surface area contributed by atoms with E-state index in [0.29, 0.717) is 5.13 Å². The van der Waals surface area contributed by atoms with Crippen LogP contribution in [0.25, 0.3) is 10.2 Å². The number of para-hydroxylation sites is 1. The minimum absolute atomic E-state index is 0.136. The number of anilines is 1. The Kier molecular flexibility index (Phi) is 6.41. The zero-order valence-electron chi connectivity index (χ0n) is 16.8. The Balaban J connectivity index is 1.72. The smallest absolute Gasteiger partial charge is 0.244 e. The van der Waals surface area contributed by atoms with Gasteiger partial charge in [0.1, 0.15) is 5.75 Å². The standard InChI is InChI=1S/C23H20N2O3S3/c1-29-19-13-8-14-20-22(19)24-23(30-20)25(15-17-9-4-2-5-10-17)21(26)16-31(27,28)18-11-6-3-7-12-18/h2-14H,15-16H2,1H3. The van der Waals surface area contributed by atoms with Crippen LogP contribution in [0.3, 0.4) is 0 Å². The fraction of sp³-hybridized carbons (Fsp3) is 0.130. The van der Waals surface area contributed by atoms with E-state index < -0.39 is 21.5 Å². The van der Waals surface area contributed by atoms with Gasteiger partial charge in [-0.3, -0.25) is 9.69 Å². The van der Waals surface area contributed by atoms with E-state index in [4.69, 9.17) is 4.98 Å². The second-order valence-corrected chi connectivity index (χ2v) is 10.7. The van der Waals surface area contributed by atoms with Crippen molar-refractivity contribution < 1.29 is 13.2 Å². The van der Waals surface area contributed by atoms with Gasteiger partial charge in [0.2, 0.25) is 5.91 Å². The van der Waals surface area contributed by atoms with Crippen LogP contribution in [0, 0.1) is 0 Å². The number of hydrogen-bond acceptors (Lipinski definition) is 6. The van der Waals surface area contributed by atoms with Crippen molar-refractivity contribution in [3.63, 3.8) is 0 Å². The minimum Gasteiger partial charge on any atom is -0.283 e. The molecule has 0 fully saturated rings. The number of rotatable bonds is 7. The number of nitrogens with zero attached hydrogens (tertiary/aromatic N) is 2. The largest absolute Gasteiger partial charge is 0.283 e. The second-order valence-electron chi connectivity index (χ2n) is 6.84. The molecule has 0 bridgehead atoms. The van der Waals surface area contributed by atoms with Gasteiger partial charge in [0.15, 0.2) is 15.0 Å². The van der Waals surface area contributed by atoms with E-state index in [1.807, 2.05) is 54.8 Å². The summed E-state index contributed by atoms with van der Waals surface area (Å²) < 4.78 is 26.6. The SMILES string of the molecule is CSc1cccc2sc(N(Cc3ccccc3)C(=O)CS(=O)(=O)c3ccccc3)nc12. The topological polar surface area (TPSA) is 67.3 Å². The summed E-state index contributed by atoms with van der Waals surface area (Å²) in [5.74, 6) is -1.12. The van der Waals surface area contributed by atoms with Crippen LogP contribution in [0.2, 0.25) is 0 Å². The van der Waals surface area contributed by atoms with Crippen LogP contribution in [0.15, 0.2) is 88.7 Å². The molecule has 0 atom stereocenters. The van der Waals surface area contributed by atoms with Gasteiger partial charge in [0, 0.05) is 4.90 Å². The lowest BCUT2D eigenvalue weighted by atomic mass is 10.2. The summed E-state index contributed by atoms with van der Waals surface area (Å²) in [5, 5.41) is 0.494. The summed E-state index contributed by atoms with van der Waals surface area (Å²) in [5.41, 5.74) is 1.73. The fourth-order valence-electron chi connectivity index (χ4n) is 3.17. The van der Waals surface area contributed by atoms with E-state index >= 15 is 0 Å². The number of fused-ring (bicyclic) bond motifs is 1. The van der Waals surface area contributed by atoms with Crippen LogP contribution in [-0.2, 0) is 21.2 Å². The van der Waals surface area contributed by atoms with Crippen LogP contribution in [0.4, 0.5) is 5.13 Å². The molecule has 0 aliphatic rings. The number of benzene rings is 3. The lowest BCUT2D eigenvalue weighted by Gasteiger charge is -2.20. The maximum absolute atomic E-state index is 13.3. The van der Waals surface area contributed by atoms with Gasteiger partial charge in [-0.25, -0.2) is 13.4 Å². The molecule has 1 amide bonds. The Morgan fingerprint density at radius 2 is 1.65 bits per heavy atom. The summed E-state index contributed by atoms with van der Waals surface area (Å²) in [6, 6.07) is 23.5. The van der Waals surface area contributed by atoms with Gasteiger partial charge >= 0.3 is 0 Å². The van der Waals surface area contributed by atoms with Crippen molar-refractivity contribution in [2.45, 2.75) is 16.3 Å². The van der Waals surface area contributed by atoms with E-state index in [1.54, 1.807) is 30.0 Å². The van der Waals surface area contributed by atoms with E-state index in [-0.39, 0.29) is 11.4 Å². The van der Waals surface area contributed by atoms with Gasteiger partial charge in [-0.2, -0.15) is 0 Å². The molecule has 4 aromatic rings. The molecule has 1 aromatic heterocycles. The first-order chi connectivity index (χ1) is 15.0. The Bertz CT molecular complexity index is 1300. The molecule has 0 unspecified atom stereocenters. The Morgan fingerprint density at radius 1 is 0.968 bits per heavy atom. The van der Waals surface area contributed by atoms with Crippen molar-refractivity contribution >= 4 is 54.2 Å². The average molecular weight is 469 g/mol. The molecule has 0 aliphatic carbocycles. The highest BCUT2D eigenvalue weighted by molar-refractivity contribution is 7.98. The molecule has 0 saturated heterocycles. The molecule has 1 heterocycles. The molecule has 158 valence electrons. The van der Waals surface area contributed by atoms with Crippen molar-refractivity contribution in [3.05, 3.63) is 84.4 Å². The van der Waals surface area contributed by atoms with Crippen LogP contribution < -0.4 is 4.90 Å². The lowest BCUT2D eigenvalue weighted by molar-refractivity contribution is -0.116. The zero-order chi connectivity index (χ0) is 21.8. The first-order valence-electron chi connectivity index (χ1n) is 9.53. The Labute approximate surface area is 189 Å². The Hall–Kier alpha value is -2.68. The van der Waals surface area contributed by atoms with Crippen molar-refractivity contribution in [1.29, 1.82) is 0 Å². The number of hydrogen-bond donors (Lipinski definition) is 0. The molecule has 4 rings (SSSR count). The third-order valence-electron chi connectivity index (χ3n) is 4.72. The van der Waals surface area contributed by atoms with Gasteiger partial charge < -0.3 is 0 Å². The molecular formula is C23H20N2O3S3. The summed E-state index contributed by atoms with van der Waals surface area (Å²) in [6.45, 7) is 0.248. The van der Waals surface area contributed by atoms with Crippen molar-refractivity contribution in [2.24, 2.45) is 0 Å². The van der Waals surface area contributed by atoms with Crippen LogP contribution >= 0.6 is 23.1 Å². The molecule has 0 spiro atoms. The van der Waals surface area contributed by atoms with Gasteiger partial charge in [-0.05, 0) is 36.1 Å². The summed E-state index contributed by atoms with van der Waals surface area (Å²) >= 11 is 2.98. The normalized spacial score (nSPS) is 11.5. The number of amides is 1. The molecule has 3 aromatic carbocycles. The third-order valence-corrected chi connectivity index (χ3v) is 8.15. The highest BCUT2D eigenvalue weighted by atomic mass is 32.2.